The van der Waals surface area contributed by atoms with Crippen LogP contribution in [0.3, 0.4) is 0 Å². The van der Waals surface area contributed by atoms with Gasteiger partial charge in [-0.15, -0.1) is 0 Å². The lowest BCUT2D eigenvalue weighted by atomic mass is 9.99. The van der Waals surface area contributed by atoms with Crippen molar-refractivity contribution in [2.45, 2.75) is 32.4 Å². The number of benzene rings is 1. The van der Waals surface area contributed by atoms with E-state index < -0.39 is 0 Å². The summed E-state index contributed by atoms with van der Waals surface area (Å²) in [7, 11) is 0. The van der Waals surface area contributed by atoms with E-state index in [2.05, 4.69) is 65.1 Å². The van der Waals surface area contributed by atoms with Crippen LogP contribution in [0.15, 0.2) is 48.7 Å². The fraction of sp³-hybridized carbons (Fsp3) is 0.412. The van der Waals surface area contributed by atoms with E-state index in [4.69, 9.17) is 0 Å². The van der Waals surface area contributed by atoms with E-state index in [1.165, 1.54) is 30.6 Å². The van der Waals surface area contributed by atoms with E-state index in [1.807, 2.05) is 0 Å². The molecular weight excluding hydrogens is 232 g/mol. The Labute approximate surface area is 115 Å². The van der Waals surface area contributed by atoms with E-state index >= 15 is 0 Å². The van der Waals surface area contributed by atoms with Gasteiger partial charge in [0, 0.05) is 25.0 Å². The molecule has 2 heterocycles. The minimum Gasteiger partial charge on any atom is -0.348 e. The molecular formula is C17H22N2. The van der Waals surface area contributed by atoms with Crippen molar-refractivity contribution in [2.75, 3.05) is 13.1 Å². The summed E-state index contributed by atoms with van der Waals surface area (Å²) in [6.45, 7) is 5.74. The predicted molar refractivity (Wildman–Crippen MR) is 79.2 cm³/mol. The van der Waals surface area contributed by atoms with Crippen molar-refractivity contribution in [2.24, 2.45) is 0 Å². The second-order valence-corrected chi connectivity index (χ2v) is 5.33. The summed E-state index contributed by atoms with van der Waals surface area (Å²) in [6.07, 6.45) is 4.76. The Kier molecular flexibility index (Phi) is 3.69. The molecule has 1 aliphatic rings. The van der Waals surface area contributed by atoms with Crippen LogP contribution in [0.1, 0.15) is 37.1 Å². The molecule has 0 spiro atoms. The molecule has 1 aliphatic heterocycles. The largest absolute Gasteiger partial charge is 0.348 e. The Morgan fingerprint density at radius 2 is 1.89 bits per heavy atom. The molecule has 1 aromatic carbocycles. The lowest BCUT2D eigenvalue weighted by Crippen LogP contribution is -2.38. The smallest absolute Gasteiger partial charge is 0.0756 e. The van der Waals surface area contributed by atoms with E-state index in [9.17, 15) is 0 Å². The van der Waals surface area contributed by atoms with Gasteiger partial charge in [-0.3, -0.25) is 4.90 Å². The van der Waals surface area contributed by atoms with Gasteiger partial charge in [0.1, 0.15) is 0 Å². The van der Waals surface area contributed by atoms with Gasteiger partial charge < -0.3 is 4.57 Å². The summed E-state index contributed by atoms with van der Waals surface area (Å²) in [5, 5.41) is 0. The van der Waals surface area contributed by atoms with E-state index in [0.29, 0.717) is 6.04 Å². The second-order valence-electron chi connectivity index (χ2n) is 5.33. The maximum atomic E-state index is 2.63. The van der Waals surface area contributed by atoms with Crippen LogP contribution in [0.5, 0.6) is 0 Å². The van der Waals surface area contributed by atoms with Gasteiger partial charge in [-0.2, -0.15) is 0 Å². The standard InChI is InChI=1S/C17H22N2/c1-2-3-11-19-14-13-18-12-7-10-16(18)17(19)15-8-5-4-6-9-15/h4-10,12,17H,2-3,11,13-14H2,1H3/t17-/m1/s1. The first-order chi connectivity index (χ1) is 9.40. The number of aromatic nitrogens is 1. The van der Waals surface area contributed by atoms with Crippen LogP contribution in [-0.2, 0) is 6.54 Å². The molecule has 0 N–H and O–H groups in total. The van der Waals surface area contributed by atoms with Gasteiger partial charge in [0.25, 0.3) is 0 Å². The molecule has 1 aromatic heterocycles. The van der Waals surface area contributed by atoms with E-state index in [0.717, 1.165) is 13.1 Å². The molecule has 0 aliphatic carbocycles. The number of hydrogen-bond donors (Lipinski definition) is 0. The maximum Gasteiger partial charge on any atom is 0.0756 e. The number of nitrogens with zero attached hydrogens (tertiary/aromatic N) is 2. The number of unbranched alkanes of at least 4 members (excludes halogenated alkanes) is 1. The van der Waals surface area contributed by atoms with Gasteiger partial charge in [0.05, 0.1) is 6.04 Å². The van der Waals surface area contributed by atoms with Gasteiger partial charge in [-0.25, -0.2) is 0 Å². The van der Waals surface area contributed by atoms with Crippen LogP contribution >= 0.6 is 0 Å². The van der Waals surface area contributed by atoms with Gasteiger partial charge in [-0.1, -0.05) is 43.7 Å². The van der Waals surface area contributed by atoms with Crippen LogP contribution < -0.4 is 0 Å². The predicted octanol–water partition coefficient (Wildman–Crippen LogP) is 3.69. The topological polar surface area (TPSA) is 8.17 Å². The molecule has 2 aromatic rings. The van der Waals surface area contributed by atoms with E-state index in [1.54, 1.807) is 0 Å². The molecule has 2 nitrogen and oxygen atoms in total. The number of fused-ring (bicyclic) bond motifs is 1. The van der Waals surface area contributed by atoms with Crippen molar-refractivity contribution in [3.63, 3.8) is 0 Å². The monoisotopic (exact) mass is 254 g/mol. The fourth-order valence-electron chi connectivity index (χ4n) is 3.05. The Bertz CT molecular complexity index is 515. The molecule has 0 saturated heterocycles. The summed E-state index contributed by atoms with van der Waals surface area (Å²) in [5.74, 6) is 0. The first-order valence-corrected chi connectivity index (χ1v) is 7.34. The first-order valence-electron chi connectivity index (χ1n) is 7.34. The van der Waals surface area contributed by atoms with Gasteiger partial charge in [0.2, 0.25) is 0 Å². The van der Waals surface area contributed by atoms with Crippen molar-refractivity contribution >= 4 is 0 Å². The minimum atomic E-state index is 0.427. The molecule has 1 atom stereocenters. The minimum absolute atomic E-state index is 0.427. The zero-order chi connectivity index (χ0) is 13.1. The highest BCUT2D eigenvalue weighted by atomic mass is 15.2. The highest BCUT2D eigenvalue weighted by Crippen LogP contribution is 2.32. The lowest BCUT2D eigenvalue weighted by Gasteiger charge is -2.37. The van der Waals surface area contributed by atoms with Gasteiger partial charge >= 0.3 is 0 Å². The average molecular weight is 254 g/mol. The summed E-state index contributed by atoms with van der Waals surface area (Å²) < 4.78 is 2.40. The Morgan fingerprint density at radius 1 is 1.05 bits per heavy atom. The van der Waals surface area contributed by atoms with Crippen LogP contribution in [0.4, 0.5) is 0 Å². The molecule has 0 amide bonds. The SMILES string of the molecule is CCCCN1CCn2cccc2[C@H]1c1ccccc1. The normalized spacial score (nSPS) is 19.3. The average Bonchev–Trinajstić information content (AvgIpc) is 2.93. The molecule has 0 saturated carbocycles. The third-order valence-electron chi connectivity index (χ3n) is 4.05. The van der Waals surface area contributed by atoms with Crippen molar-refractivity contribution in [1.82, 2.24) is 9.47 Å². The summed E-state index contributed by atoms with van der Waals surface area (Å²) in [4.78, 5) is 2.63. The molecule has 3 rings (SSSR count). The summed E-state index contributed by atoms with van der Waals surface area (Å²) in [6, 6.07) is 15.8. The quantitative estimate of drug-likeness (QED) is 0.808. The highest BCUT2D eigenvalue weighted by molar-refractivity contribution is 5.30. The van der Waals surface area contributed by atoms with Crippen molar-refractivity contribution in [3.8, 4) is 0 Å². The molecule has 100 valence electrons. The van der Waals surface area contributed by atoms with Crippen molar-refractivity contribution < 1.29 is 0 Å². The maximum absolute atomic E-state index is 2.63. The molecule has 19 heavy (non-hydrogen) atoms. The van der Waals surface area contributed by atoms with Crippen LogP contribution in [0.2, 0.25) is 0 Å². The van der Waals surface area contributed by atoms with E-state index in [-0.39, 0.29) is 0 Å². The summed E-state index contributed by atoms with van der Waals surface area (Å²) >= 11 is 0. The molecule has 0 radical (unpaired) electrons. The fourth-order valence-corrected chi connectivity index (χ4v) is 3.05. The Morgan fingerprint density at radius 3 is 2.68 bits per heavy atom. The number of hydrogen-bond acceptors (Lipinski definition) is 1. The highest BCUT2D eigenvalue weighted by Gasteiger charge is 2.27. The second kappa shape index (κ2) is 5.62. The lowest BCUT2D eigenvalue weighted by molar-refractivity contribution is 0.180. The number of rotatable bonds is 4. The molecule has 0 fully saturated rings. The van der Waals surface area contributed by atoms with Gasteiger partial charge in [0.15, 0.2) is 0 Å². The molecule has 2 heteroatoms. The van der Waals surface area contributed by atoms with Crippen LogP contribution in [-0.4, -0.2) is 22.6 Å². The third kappa shape index (κ3) is 2.45. The third-order valence-corrected chi connectivity index (χ3v) is 4.05. The zero-order valence-electron chi connectivity index (χ0n) is 11.6. The zero-order valence-corrected chi connectivity index (χ0v) is 11.6. The Balaban J connectivity index is 1.95. The van der Waals surface area contributed by atoms with Crippen molar-refractivity contribution in [3.05, 3.63) is 59.9 Å². The van der Waals surface area contributed by atoms with Gasteiger partial charge in [-0.05, 0) is 30.7 Å². The van der Waals surface area contributed by atoms with Crippen LogP contribution in [0, 0.1) is 0 Å². The first kappa shape index (κ1) is 12.5. The molecule has 0 unspecified atom stereocenters. The van der Waals surface area contributed by atoms with Crippen LogP contribution in [0.25, 0.3) is 0 Å². The molecule has 0 bridgehead atoms. The Hall–Kier alpha value is -1.54. The van der Waals surface area contributed by atoms with Crippen molar-refractivity contribution in [1.29, 1.82) is 0 Å². The summed E-state index contributed by atoms with van der Waals surface area (Å²) in [5.41, 5.74) is 2.85.